The molecule has 29 heavy (non-hydrogen) atoms. The van der Waals surface area contributed by atoms with Crippen LogP contribution in [0.25, 0.3) is 0 Å². The zero-order valence-corrected chi connectivity index (χ0v) is 15.2. The van der Waals surface area contributed by atoms with Gasteiger partial charge in [-0.3, -0.25) is 10.1 Å². The largest absolute Gasteiger partial charge is 0.416 e. The molecule has 2 aromatic carbocycles. The second kappa shape index (κ2) is 8.13. The Balaban J connectivity index is 1.99. The Labute approximate surface area is 163 Å². The lowest BCUT2D eigenvalue weighted by atomic mass is 10.1. The number of para-hydroxylation sites is 1. The minimum Gasteiger partial charge on any atom is -0.334 e. The summed E-state index contributed by atoms with van der Waals surface area (Å²) in [5.74, 6) is -0.291. The second-order valence-corrected chi connectivity index (χ2v) is 6.02. The van der Waals surface area contributed by atoms with Crippen molar-refractivity contribution in [2.24, 2.45) is 0 Å². The van der Waals surface area contributed by atoms with Crippen molar-refractivity contribution in [1.29, 1.82) is 0 Å². The van der Waals surface area contributed by atoms with E-state index in [0.29, 0.717) is 12.1 Å². The molecule has 0 spiro atoms. The van der Waals surface area contributed by atoms with Crippen LogP contribution in [0.1, 0.15) is 18.1 Å². The van der Waals surface area contributed by atoms with E-state index in [1.54, 1.807) is 12.1 Å². The molecule has 10 heteroatoms. The maximum atomic E-state index is 12.9. The van der Waals surface area contributed by atoms with Crippen molar-refractivity contribution in [3.05, 3.63) is 76.1 Å². The number of hydrogen-bond donors (Lipinski definition) is 2. The first-order valence-electron chi connectivity index (χ1n) is 8.58. The number of nitrogens with zero attached hydrogens (tertiary/aromatic N) is 3. The topological polar surface area (TPSA) is 93.0 Å². The Bertz CT molecular complexity index is 1040. The molecule has 3 aromatic rings. The third-order valence-electron chi connectivity index (χ3n) is 4.11. The molecule has 0 aliphatic heterocycles. The lowest BCUT2D eigenvalue weighted by Crippen LogP contribution is -2.08. The summed E-state index contributed by atoms with van der Waals surface area (Å²) in [5.41, 5.74) is 0.224. The fourth-order valence-electron chi connectivity index (χ4n) is 2.72. The Kier molecular flexibility index (Phi) is 5.62. The molecule has 0 bridgehead atoms. The summed E-state index contributed by atoms with van der Waals surface area (Å²) >= 11 is 0. The number of aromatic nitrogens is 2. The fraction of sp³-hybridized carbons (Fsp3) is 0.158. The zero-order valence-electron chi connectivity index (χ0n) is 15.2. The van der Waals surface area contributed by atoms with Crippen molar-refractivity contribution in [2.75, 3.05) is 10.6 Å². The normalized spacial score (nSPS) is 11.2. The molecule has 0 fully saturated rings. The van der Waals surface area contributed by atoms with Gasteiger partial charge in [0.15, 0.2) is 0 Å². The molecule has 0 unspecified atom stereocenters. The molecule has 1 aromatic heterocycles. The smallest absolute Gasteiger partial charge is 0.334 e. The highest BCUT2D eigenvalue weighted by molar-refractivity contribution is 5.77. The van der Waals surface area contributed by atoms with Crippen LogP contribution in [0.4, 0.5) is 41.9 Å². The van der Waals surface area contributed by atoms with Gasteiger partial charge in [-0.2, -0.15) is 13.2 Å². The van der Waals surface area contributed by atoms with Gasteiger partial charge in [-0.05, 0) is 36.2 Å². The van der Waals surface area contributed by atoms with Crippen LogP contribution in [0.5, 0.6) is 0 Å². The van der Waals surface area contributed by atoms with Crippen LogP contribution >= 0.6 is 0 Å². The minimum atomic E-state index is -4.54. The van der Waals surface area contributed by atoms with Crippen molar-refractivity contribution < 1.29 is 18.1 Å². The quantitative estimate of drug-likeness (QED) is 0.420. The Morgan fingerprint density at radius 2 is 1.72 bits per heavy atom. The van der Waals surface area contributed by atoms with Crippen LogP contribution in [0, 0.1) is 10.1 Å². The van der Waals surface area contributed by atoms with Gasteiger partial charge >= 0.3 is 11.9 Å². The summed E-state index contributed by atoms with van der Waals surface area (Å²) in [4.78, 5) is 18.8. The van der Waals surface area contributed by atoms with Crippen LogP contribution in [-0.2, 0) is 12.6 Å². The van der Waals surface area contributed by atoms with Crippen molar-refractivity contribution >= 4 is 28.7 Å². The molecule has 0 atom stereocenters. The fourth-order valence-corrected chi connectivity index (χ4v) is 2.72. The standard InChI is InChI=1S/C19H16F3N5O2/c1-2-12-6-3-4-9-15(12)26-18-16(27(28)29)17(23-11-24-18)25-14-8-5-7-13(10-14)19(20,21)22/h3-11H,2H2,1H3,(H2,23,24,25,26). The van der Waals surface area contributed by atoms with E-state index >= 15 is 0 Å². The number of rotatable bonds is 6. The molecule has 0 amide bonds. The number of anilines is 4. The van der Waals surface area contributed by atoms with E-state index in [1.807, 2.05) is 19.1 Å². The first kappa shape index (κ1) is 20.1. The molecule has 0 saturated heterocycles. The first-order valence-corrected chi connectivity index (χ1v) is 8.58. The monoisotopic (exact) mass is 403 g/mol. The van der Waals surface area contributed by atoms with Crippen LogP contribution < -0.4 is 10.6 Å². The van der Waals surface area contributed by atoms with Gasteiger partial charge in [0.05, 0.1) is 10.5 Å². The molecule has 0 aliphatic carbocycles. The molecule has 150 valence electrons. The minimum absolute atomic E-state index is 0.0153. The number of aryl methyl sites for hydroxylation is 1. The number of nitrogens with one attached hydrogen (secondary N) is 2. The van der Waals surface area contributed by atoms with Gasteiger partial charge < -0.3 is 10.6 Å². The second-order valence-electron chi connectivity index (χ2n) is 6.02. The van der Waals surface area contributed by atoms with Crippen LogP contribution in [0.2, 0.25) is 0 Å². The molecular weight excluding hydrogens is 387 g/mol. The highest BCUT2D eigenvalue weighted by Crippen LogP contribution is 2.35. The molecule has 0 radical (unpaired) electrons. The van der Waals surface area contributed by atoms with Crippen molar-refractivity contribution in [3.63, 3.8) is 0 Å². The molecule has 0 saturated carbocycles. The number of hydrogen-bond acceptors (Lipinski definition) is 6. The number of nitro groups is 1. The van der Waals surface area contributed by atoms with E-state index in [2.05, 4.69) is 20.6 Å². The summed E-state index contributed by atoms with van der Waals surface area (Å²) in [6.45, 7) is 1.94. The molecule has 3 rings (SSSR count). The SMILES string of the molecule is CCc1ccccc1Nc1ncnc(Nc2cccc(C(F)(F)F)c2)c1[N+](=O)[O-]. The van der Waals surface area contributed by atoms with Gasteiger partial charge in [0.1, 0.15) is 6.33 Å². The average Bonchev–Trinajstić information content (AvgIpc) is 2.68. The predicted octanol–water partition coefficient (Wildman–Crippen LogP) is 5.45. The molecular formula is C19H16F3N5O2. The van der Waals surface area contributed by atoms with E-state index < -0.39 is 22.4 Å². The Morgan fingerprint density at radius 3 is 2.38 bits per heavy atom. The van der Waals surface area contributed by atoms with Gasteiger partial charge in [0.2, 0.25) is 11.6 Å². The van der Waals surface area contributed by atoms with E-state index in [-0.39, 0.29) is 17.3 Å². The third kappa shape index (κ3) is 4.60. The van der Waals surface area contributed by atoms with E-state index in [1.165, 1.54) is 12.1 Å². The highest BCUT2D eigenvalue weighted by Gasteiger charge is 2.31. The summed E-state index contributed by atoms with van der Waals surface area (Å²) in [6.07, 6.45) is -2.75. The zero-order chi connectivity index (χ0) is 21.0. The lowest BCUT2D eigenvalue weighted by molar-refractivity contribution is -0.383. The molecule has 0 aliphatic rings. The Hall–Kier alpha value is -3.69. The van der Waals surface area contributed by atoms with Gasteiger partial charge in [-0.25, -0.2) is 9.97 Å². The lowest BCUT2D eigenvalue weighted by Gasteiger charge is -2.13. The number of alkyl halides is 3. The average molecular weight is 403 g/mol. The highest BCUT2D eigenvalue weighted by atomic mass is 19.4. The van der Waals surface area contributed by atoms with Gasteiger partial charge in [0, 0.05) is 11.4 Å². The molecule has 2 N–H and O–H groups in total. The number of benzene rings is 2. The number of halogens is 3. The summed E-state index contributed by atoms with van der Waals surface area (Å²) in [5, 5.41) is 17.2. The maximum absolute atomic E-state index is 12.9. The van der Waals surface area contributed by atoms with Crippen LogP contribution in [0.3, 0.4) is 0 Å². The predicted molar refractivity (Wildman–Crippen MR) is 103 cm³/mol. The summed E-state index contributed by atoms with van der Waals surface area (Å²) < 4.78 is 38.8. The molecule has 1 heterocycles. The van der Waals surface area contributed by atoms with E-state index in [4.69, 9.17) is 0 Å². The van der Waals surface area contributed by atoms with Crippen LogP contribution in [0.15, 0.2) is 54.9 Å². The van der Waals surface area contributed by atoms with Crippen molar-refractivity contribution in [2.45, 2.75) is 19.5 Å². The summed E-state index contributed by atoms with van der Waals surface area (Å²) in [6, 6.07) is 11.6. The van der Waals surface area contributed by atoms with Crippen molar-refractivity contribution in [3.8, 4) is 0 Å². The summed E-state index contributed by atoms with van der Waals surface area (Å²) in [7, 11) is 0. The van der Waals surface area contributed by atoms with Gasteiger partial charge in [-0.15, -0.1) is 0 Å². The van der Waals surface area contributed by atoms with Gasteiger partial charge in [0.25, 0.3) is 0 Å². The first-order chi connectivity index (χ1) is 13.8. The Morgan fingerprint density at radius 1 is 1.03 bits per heavy atom. The van der Waals surface area contributed by atoms with E-state index in [9.17, 15) is 23.3 Å². The van der Waals surface area contributed by atoms with Gasteiger partial charge in [-0.1, -0.05) is 31.2 Å². The maximum Gasteiger partial charge on any atom is 0.416 e. The van der Waals surface area contributed by atoms with E-state index in [0.717, 1.165) is 24.0 Å². The van der Waals surface area contributed by atoms with Crippen molar-refractivity contribution in [1.82, 2.24) is 9.97 Å². The molecule has 7 nitrogen and oxygen atoms in total. The van der Waals surface area contributed by atoms with Crippen LogP contribution in [-0.4, -0.2) is 14.9 Å². The third-order valence-corrected chi connectivity index (χ3v) is 4.11.